The minimum Gasteiger partial charge on any atom is -0.490 e. The first-order valence-electron chi connectivity index (χ1n) is 4.96. The van der Waals surface area contributed by atoms with Crippen molar-refractivity contribution in [1.29, 1.82) is 0 Å². The zero-order valence-electron chi connectivity index (χ0n) is 8.35. The number of para-hydroxylation sites is 2. The molecule has 2 rings (SSSR count). The average Bonchev–Trinajstić information content (AvgIpc) is 2.26. The van der Waals surface area contributed by atoms with Gasteiger partial charge in [-0.25, -0.2) is 0 Å². The number of carbonyl (C=O) groups is 1. The Hall–Kier alpha value is -1.71. The third-order valence-corrected chi connectivity index (χ3v) is 2.42. The van der Waals surface area contributed by atoms with Gasteiger partial charge in [-0.05, 0) is 12.1 Å². The largest absolute Gasteiger partial charge is 0.490 e. The predicted octanol–water partition coefficient (Wildman–Crippen LogP) is 1.36. The van der Waals surface area contributed by atoms with Crippen molar-refractivity contribution in [3.63, 3.8) is 0 Å². The zero-order valence-corrected chi connectivity index (χ0v) is 8.35. The van der Waals surface area contributed by atoms with Gasteiger partial charge in [-0.3, -0.25) is 4.79 Å². The molecule has 4 nitrogen and oxygen atoms in total. The summed E-state index contributed by atoms with van der Waals surface area (Å²) in [6.07, 6.45) is 0.161. The van der Waals surface area contributed by atoms with E-state index < -0.39 is 5.97 Å². The lowest BCUT2D eigenvalue weighted by atomic mass is 10.2. The van der Waals surface area contributed by atoms with Crippen LogP contribution in [-0.4, -0.2) is 30.8 Å². The Morgan fingerprint density at radius 3 is 3.07 bits per heavy atom. The van der Waals surface area contributed by atoms with E-state index in [2.05, 4.69) is 0 Å². The van der Waals surface area contributed by atoms with Crippen LogP contribution in [0.4, 0.5) is 5.69 Å². The van der Waals surface area contributed by atoms with Gasteiger partial charge >= 0.3 is 5.97 Å². The summed E-state index contributed by atoms with van der Waals surface area (Å²) >= 11 is 0. The molecule has 0 saturated heterocycles. The SMILES string of the molecule is O=C(O)CCN1CCOc2ccccc21. The summed E-state index contributed by atoms with van der Waals surface area (Å²) < 4.78 is 5.47. The summed E-state index contributed by atoms with van der Waals surface area (Å²) in [4.78, 5) is 12.5. The molecule has 0 spiro atoms. The molecule has 80 valence electrons. The van der Waals surface area contributed by atoms with Crippen LogP contribution in [0.15, 0.2) is 24.3 Å². The van der Waals surface area contributed by atoms with Gasteiger partial charge in [0.1, 0.15) is 12.4 Å². The fraction of sp³-hybridized carbons (Fsp3) is 0.364. The molecule has 1 aromatic rings. The first kappa shape index (κ1) is 9.83. The molecule has 1 heterocycles. The van der Waals surface area contributed by atoms with Crippen molar-refractivity contribution in [2.45, 2.75) is 6.42 Å². The maximum atomic E-state index is 10.5. The van der Waals surface area contributed by atoms with Gasteiger partial charge in [0, 0.05) is 6.54 Å². The Morgan fingerprint density at radius 1 is 1.47 bits per heavy atom. The minimum atomic E-state index is -0.765. The van der Waals surface area contributed by atoms with E-state index in [1.54, 1.807) is 0 Å². The van der Waals surface area contributed by atoms with Crippen molar-refractivity contribution in [1.82, 2.24) is 0 Å². The van der Waals surface area contributed by atoms with E-state index >= 15 is 0 Å². The van der Waals surface area contributed by atoms with Crippen LogP contribution in [0.5, 0.6) is 5.75 Å². The summed E-state index contributed by atoms with van der Waals surface area (Å²) in [5.74, 6) is 0.0770. The number of carboxylic acid groups (broad SMARTS) is 1. The Morgan fingerprint density at radius 2 is 2.27 bits per heavy atom. The van der Waals surface area contributed by atoms with Crippen molar-refractivity contribution in [3.05, 3.63) is 24.3 Å². The molecule has 0 radical (unpaired) electrons. The summed E-state index contributed by atoms with van der Waals surface area (Å²) in [6, 6.07) is 7.71. The molecule has 0 bridgehead atoms. The van der Waals surface area contributed by atoms with E-state index in [1.165, 1.54) is 0 Å². The van der Waals surface area contributed by atoms with Crippen molar-refractivity contribution >= 4 is 11.7 Å². The second kappa shape index (κ2) is 4.21. The van der Waals surface area contributed by atoms with Crippen LogP contribution in [0.1, 0.15) is 6.42 Å². The maximum absolute atomic E-state index is 10.5. The molecule has 1 aliphatic heterocycles. The minimum absolute atomic E-state index is 0.161. The van der Waals surface area contributed by atoms with Gasteiger partial charge in [0.05, 0.1) is 18.7 Å². The first-order valence-corrected chi connectivity index (χ1v) is 4.96. The number of hydrogen-bond donors (Lipinski definition) is 1. The molecule has 0 saturated carbocycles. The number of nitrogens with zero attached hydrogens (tertiary/aromatic N) is 1. The topological polar surface area (TPSA) is 49.8 Å². The molecule has 4 heteroatoms. The van der Waals surface area contributed by atoms with Gasteiger partial charge in [-0.2, -0.15) is 0 Å². The van der Waals surface area contributed by atoms with Crippen molar-refractivity contribution < 1.29 is 14.6 Å². The standard InChI is InChI=1S/C11H13NO3/c13-11(14)5-6-12-7-8-15-10-4-2-1-3-9(10)12/h1-4H,5-8H2,(H,13,14). The van der Waals surface area contributed by atoms with Gasteiger partial charge in [-0.1, -0.05) is 12.1 Å². The van der Waals surface area contributed by atoms with Crippen LogP contribution >= 0.6 is 0 Å². The highest BCUT2D eigenvalue weighted by Crippen LogP contribution is 2.30. The van der Waals surface area contributed by atoms with Crippen molar-refractivity contribution in [2.24, 2.45) is 0 Å². The monoisotopic (exact) mass is 207 g/mol. The van der Waals surface area contributed by atoms with Crippen LogP contribution in [0, 0.1) is 0 Å². The van der Waals surface area contributed by atoms with Crippen LogP contribution in [-0.2, 0) is 4.79 Å². The third kappa shape index (κ3) is 2.21. The number of carboxylic acids is 1. The first-order chi connectivity index (χ1) is 7.27. The van der Waals surface area contributed by atoms with Gasteiger partial charge in [0.15, 0.2) is 0 Å². The van der Waals surface area contributed by atoms with Gasteiger partial charge < -0.3 is 14.7 Å². The average molecular weight is 207 g/mol. The van der Waals surface area contributed by atoms with E-state index in [1.807, 2.05) is 29.2 Å². The number of hydrogen-bond acceptors (Lipinski definition) is 3. The number of aliphatic carboxylic acids is 1. The fourth-order valence-electron chi connectivity index (χ4n) is 1.69. The predicted molar refractivity (Wildman–Crippen MR) is 56.4 cm³/mol. The summed E-state index contributed by atoms with van der Waals surface area (Å²) in [5, 5.41) is 8.63. The highest BCUT2D eigenvalue weighted by molar-refractivity contribution is 5.68. The molecular weight excluding hydrogens is 194 g/mol. The molecule has 0 aromatic heterocycles. The quantitative estimate of drug-likeness (QED) is 0.813. The third-order valence-electron chi connectivity index (χ3n) is 2.42. The molecule has 15 heavy (non-hydrogen) atoms. The van der Waals surface area contributed by atoms with E-state index in [0.29, 0.717) is 13.2 Å². The lowest BCUT2D eigenvalue weighted by Gasteiger charge is -2.30. The van der Waals surface area contributed by atoms with Crippen LogP contribution in [0.2, 0.25) is 0 Å². The van der Waals surface area contributed by atoms with E-state index in [9.17, 15) is 4.79 Å². The number of benzene rings is 1. The number of fused-ring (bicyclic) bond motifs is 1. The number of ether oxygens (including phenoxy) is 1. The van der Waals surface area contributed by atoms with Gasteiger partial charge in [-0.15, -0.1) is 0 Å². The lowest BCUT2D eigenvalue weighted by molar-refractivity contribution is -0.136. The molecule has 1 aromatic carbocycles. The Labute approximate surface area is 88.1 Å². The summed E-state index contributed by atoms with van der Waals surface area (Å²) in [5.41, 5.74) is 0.991. The van der Waals surface area contributed by atoms with Crippen LogP contribution in [0.3, 0.4) is 0 Å². The zero-order chi connectivity index (χ0) is 10.7. The Bertz CT molecular complexity index is 365. The molecule has 1 N–H and O–H groups in total. The lowest BCUT2D eigenvalue weighted by Crippen LogP contribution is -2.34. The molecule has 0 fully saturated rings. The molecule has 1 aliphatic rings. The number of rotatable bonds is 3. The van der Waals surface area contributed by atoms with Crippen LogP contribution < -0.4 is 9.64 Å². The van der Waals surface area contributed by atoms with Crippen molar-refractivity contribution in [3.8, 4) is 5.75 Å². The fourth-order valence-corrected chi connectivity index (χ4v) is 1.69. The molecule has 0 atom stereocenters. The second-order valence-electron chi connectivity index (χ2n) is 3.45. The molecule has 0 unspecified atom stereocenters. The molecule has 0 aliphatic carbocycles. The van der Waals surface area contributed by atoms with E-state index in [-0.39, 0.29) is 6.42 Å². The van der Waals surface area contributed by atoms with Crippen LogP contribution in [0.25, 0.3) is 0 Å². The Balaban J connectivity index is 2.11. The number of anilines is 1. The van der Waals surface area contributed by atoms with Gasteiger partial charge in [0.2, 0.25) is 0 Å². The highest BCUT2D eigenvalue weighted by atomic mass is 16.5. The second-order valence-corrected chi connectivity index (χ2v) is 3.45. The molecule has 0 amide bonds. The van der Waals surface area contributed by atoms with E-state index in [0.717, 1.165) is 18.0 Å². The molecular formula is C11H13NO3. The summed E-state index contributed by atoms with van der Waals surface area (Å²) in [6.45, 7) is 1.91. The Kier molecular flexibility index (Phi) is 2.76. The van der Waals surface area contributed by atoms with Gasteiger partial charge in [0.25, 0.3) is 0 Å². The van der Waals surface area contributed by atoms with E-state index in [4.69, 9.17) is 9.84 Å². The smallest absolute Gasteiger partial charge is 0.305 e. The normalized spacial score (nSPS) is 14.3. The maximum Gasteiger partial charge on any atom is 0.305 e. The van der Waals surface area contributed by atoms with Crippen molar-refractivity contribution in [2.75, 3.05) is 24.6 Å². The highest BCUT2D eigenvalue weighted by Gasteiger charge is 2.17. The summed E-state index contributed by atoms with van der Waals surface area (Å²) in [7, 11) is 0.